The van der Waals surface area contributed by atoms with Gasteiger partial charge < -0.3 is 10.4 Å². The Morgan fingerprint density at radius 2 is 1.69 bits per heavy atom. The number of carbonyl (C=O) groups is 1. The lowest BCUT2D eigenvalue weighted by Crippen LogP contribution is -2.44. The smallest absolute Gasteiger partial charge is 0.320 e. The SMILES string of the molecule is CCCC(CCC)NC(CC(C)C)C(=O)O. The highest BCUT2D eigenvalue weighted by molar-refractivity contribution is 5.73. The molecule has 96 valence electrons. The first-order valence-electron chi connectivity index (χ1n) is 6.50. The van der Waals surface area contributed by atoms with Crippen LogP contribution in [0.5, 0.6) is 0 Å². The summed E-state index contributed by atoms with van der Waals surface area (Å²) in [6.45, 7) is 8.41. The van der Waals surface area contributed by atoms with E-state index in [0.717, 1.165) is 25.7 Å². The molecular weight excluding hydrogens is 202 g/mol. The zero-order valence-electron chi connectivity index (χ0n) is 11.1. The number of rotatable bonds is 9. The van der Waals surface area contributed by atoms with Crippen LogP contribution in [0.25, 0.3) is 0 Å². The van der Waals surface area contributed by atoms with Crippen LogP contribution in [-0.4, -0.2) is 23.2 Å². The van der Waals surface area contributed by atoms with Crippen LogP contribution in [0.1, 0.15) is 59.8 Å². The van der Waals surface area contributed by atoms with E-state index in [1.165, 1.54) is 0 Å². The first-order valence-corrected chi connectivity index (χ1v) is 6.50. The Morgan fingerprint density at radius 3 is 2.00 bits per heavy atom. The molecule has 0 heterocycles. The zero-order chi connectivity index (χ0) is 12.6. The van der Waals surface area contributed by atoms with Crippen molar-refractivity contribution in [2.45, 2.75) is 71.9 Å². The number of nitrogens with one attached hydrogen (secondary N) is 1. The number of hydrogen-bond donors (Lipinski definition) is 2. The Hall–Kier alpha value is -0.570. The van der Waals surface area contributed by atoms with Gasteiger partial charge in [0.05, 0.1) is 0 Å². The van der Waals surface area contributed by atoms with Gasteiger partial charge in [-0.2, -0.15) is 0 Å². The maximum absolute atomic E-state index is 11.1. The summed E-state index contributed by atoms with van der Waals surface area (Å²) in [5.74, 6) is -0.302. The minimum Gasteiger partial charge on any atom is -0.480 e. The fraction of sp³-hybridized carbons (Fsp3) is 0.923. The topological polar surface area (TPSA) is 49.3 Å². The van der Waals surface area contributed by atoms with E-state index in [-0.39, 0.29) is 6.04 Å². The average molecular weight is 229 g/mol. The molecule has 0 amide bonds. The van der Waals surface area contributed by atoms with E-state index in [1.54, 1.807) is 0 Å². The number of hydrogen-bond acceptors (Lipinski definition) is 2. The third kappa shape index (κ3) is 6.83. The minimum atomic E-state index is -0.717. The van der Waals surface area contributed by atoms with Crippen LogP contribution in [0, 0.1) is 5.92 Å². The highest BCUT2D eigenvalue weighted by Crippen LogP contribution is 2.10. The Bertz CT molecular complexity index is 186. The molecule has 0 radical (unpaired) electrons. The Labute approximate surface area is 99.6 Å². The fourth-order valence-corrected chi connectivity index (χ4v) is 2.00. The van der Waals surface area contributed by atoms with Crippen LogP contribution in [0.4, 0.5) is 0 Å². The quantitative estimate of drug-likeness (QED) is 0.639. The van der Waals surface area contributed by atoms with Gasteiger partial charge in [-0.05, 0) is 25.2 Å². The second-order valence-corrected chi connectivity index (χ2v) is 4.96. The van der Waals surface area contributed by atoms with Crippen molar-refractivity contribution in [2.24, 2.45) is 5.92 Å². The summed E-state index contributed by atoms with van der Waals surface area (Å²) < 4.78 is 0. The molecule has 0 aliphatic carbocycles. The van der Waals surface area contributed by atoms with Crippen molar-refractivity contribution < 1.29 is 9.90 Å². The van der Waals surface area contributed by atoms with Crippen LogP contribution in [0.3, 0.4) is 0 Å². The van der Waals surface area contributed by atoms with Crippen molar-refractivity contribution >= 4 is 5.97 Å². The molecule has 16 heavy (non-hydrogen) atoms. The molecule has 2 N–H and O–H groups in total. The van der Waals surface area contributed by atoms with Gasteiger partial charge >= 0.3 is 5.97 Å². The van der Waals surface area contributed by atoms with E-state index < -0.39 is 5.97 Å². The van der Waals surface area contributed by atoms with Crippen LogP contribution in [-0.2, 0) is 4.79 Å². The van der Waals surface area contributed by atoms with Crippen LogP contribution in [0.15, 0.2) is 0 Å². The van der Waals surface area contributed by atoms with Gasteiger partial charge in [0.25, 0.3) is 0 Å². The van der Waals surface area contributed by atoms with Crippen molar-refractivity contribution in [3.8, 4) is 0 Å². The molecule has 0 aromatic carbocycles. The van der Waals surface area contributed by atoms with Crippen molar-refractivity contribution in [3.63, 3.8) is 0 Å². The molecule has 0 aliphatic rings. The summed E-state index contributed by atoms with van der Waals surface area (Å²) in [4.78, 5) is 11.1. The molecule has 0 rings (SSSR count). The minimum absolute atomic E-state index is 0.356. The van der Waals surface area contributed by atoms with Gasteiger partial charge in [0, 0.05) is 6.04 Å². The maximum Gasteiger partial charge on any atom is 0.320 e. The van der Waals surface area contributed by atoms with E-state index in [4.69, 9.17) is 5.11 Å². The standard InChI is InChI=1S/C13H27NO2/c1-5-7-11(8-6-2)14-12(13(15)16)9-10(3)4/h10-12,14H,5-9H2,1-4H3,(H,15,16). The molecule has 0 bridgehead atoms. The van der Waals surface area contributed by atoms with Crippen molar-refractivity contribution in [3.05, 3.63) is 0 Å². The molecule has 3 nitrogen and oxygen atoms in total. The molecule has 0 fully saturated rings. The molecule has 0 saturated heterocycles. The molecular formula is C13H27NO2. The summed E-state index contributed by atoms with van der Waals surface area (Å²) >= 11 is 0. The number of aliphatic carboxylic acids is 1. The molecule has 1 unspecified atom stereocenters. The second kappa shape index (κ2) is 8.57. The zero-order valence-corrected chi connectivity index (χ0v) is 11.1. The predicted molar refractivity (Wildman–Crippen MR) is 67.6 cm³/mol. The highest BCUT2D eigenvalue weighted by atomic mass is 16.4. The molecule has 0 spiro atoms. The number of carboxylic acid groups (broad SMARTS) is 1. The van der Waals surface area contributed by atoms with E-state index in [1.807, 2.05) is 0 Å². The first kappa shape index (κ1) is 15.4. The first-order chi connectivity index (χ1) is 7.51. The van der Waals surface area contributed by atoms with Gasteiger partial charge in [-0.3, -0.25) is 4.79 Å². The summed E-state index contributed by atoms with van der Waals surface area (Å²) in [6, 6.07) is -0.0297. The summed E-state index contributed by atoms with van der Waals surface area (Å²) in [7, 11) is 0. The average Bonchev–Trinajstić information content (AvgIpc) is 2.16. The lowest BCUT2D eigenvalue weighted by Gasteiger charge is -2.23. The monoisotopic (exact) mass is 229 g/mol. The van der Waals surface area contributed by atoms with Gasteiger partial charge in [-0.25, -0.2) is 0 Å². The number of carboxylic acids is 1. The van der Waals surface area contributed by atoms with Gasteiger partial charge in [0.2, 0.25) is 0 Å². The van der Waals surface area contributed by atoms with Crippen molar-refractivity contribution in [1.29, 1.82) is 0 Å². The summed E-state index contributed by atoms with van der Waals surface area (Å²) in [6.07, 6.45) is 5.04. The Kier molecular flexibility index (Phi) is 8.26. The fourth-order valence-electron chi connectivity index (χ4n) is 2.00. The molecule has 0 saturated carbocycles. The van der Waals surface area contributed by atoms with Gasteiger partial charge in [-0.15, -0.1) is 0 Å². The van der Waals surface area contributed by atoms with E-state index in [0.29, 0.717) is 18.4 Å². The molecule has 0 aliphatic heterocycles. The molecule has 1 atom stereocenters. The predicted octanol–water partition coefficient (Wildman–Crippen LogP) is 3.04. The van der Waals surface area contributed by atoms with E-state index in [9.17, 15) is 4.79 Å². The van der Waals surface area contributed by atoms with Gasteiger partial charge in [0.1, 0.15) is 6.04 Å². The van der Waals surface area contributed by atoms with Gasteiger partial charge in [0.15, 0.2) is 0 Å². The van der Waals surface area contributed by atoms with Crippen molar-refractivity contribution in [2.75, 3.05) is 0 Å². The largest absolute Gasteiger partial charge is 0.480 e. The van der Waals surface area contributed by atoms with Gasteiger partial charge in [-0.1, -0.05) is 40.5 Å². The van der Waals surface area contributed by atoms with E-state index in [2.05, 4.69) is 33.0 Å². The lowest BCUT2D eigenvalue weighted by molar-refractivity contribution is -0.140. The summed E-state index contributed by atoms with van der Waals surface area (Å²) in [5.41, 5.74) is 0. The normalized spacial score (nSPS) is 13.4. The molecule has 3 heteroatoms. The molecule has 0 aromatic rings. The Morgan fingerprint density at radius 1 is 1.19 bits per heavy atom. The van der Waals surface area contributed by atoms with Crippen LogP contribution < -0.4 is 5.32 Å². The van der Waals surface area contributed by atoms with E-state index >= 15 is 0 Å². The summed E-state index contributed by atoms with van der Waals surface area (Å²) in [5, 5.41) is 12.4. The molecule has 0 aromatic heterocycles. The lowest BCUT2D eigenvalue weighted by atomic mass is 10.0. The third-order valence-electron chi connectivity index (χ3n) is 2.72. The second-order valence-electron chi connectivity index (χ2n) is 4.96. The van der Waals surface area contributed by atoms with Crippen LogP contribution in [0.2, 0.25) is 0 Å². The van der Waals surface area contributed by atoms with Crippen LogP contribution >= 0.6 is 0 Å². The highest BCUT2D eigenvalue weighted by Gasteiger charge is 2.21. The Balaban J connectivity index is 4.26. The third-order valence-corrected chi connectivity index (χ3v) is 2.72. The maximum atomic E-state index is 11.1. The van der Waals surface area contributed by atoms with Crippen molar-refractivity contribution in [1.82, 2.24) is 5.32 Å².